The van der Waals surface area contributed by atoms with E-state index in [0.717, 1.165) is 0 Å². The molecule has 0 spiro atoms. The fourth-order valence-electron chi connectivity index (χ4n) is 2.36. The minimum atomic E-state index is -0.804. The van der Waals surface area contributed by atoms with E-state index in [1.165, 1.54) is 7.11 Å². The zero-order valence-electron chi connectivity index (χ0n) is 10.9. The molecule has 1 aliphatic carbocycles. The van der Waals surface area contributed by atoms with Gasteiger partial charge in [0, 0.05) is 6.42 Å². The minimum Gasteiger partial charge on any atom is -1.00 e. The van der Waals surface area contributed by atoms with Crippen LogP contribution in [-0.4, -0.2) is 35.5 Å². The predicted octanol–water partition coefficient (Wildman–Crippen LogP) is -2.57. The molecular formula is C10H19NaO4. The van der Waals surface area contributed by atoms with E-state index in [9.17, 15) is 15.0 Å². The molecule has 1 aliphatic rings. The quantitative estimate of drug-likeness (QED) is 0.381. The van der Waals surface area contributed by atoms with Gasteiger partial charge in [-0.2, -0.15) is 0 Å². The Bertz CT molecular complexity index is 235. The Hall–Kier alpha value is 0.390. The van der Waals surface area contributed by atoms with E-state index in [1.807, 2.05) is 13.8 Å². The summed E-state index contributed by atoms with van der Waals surface area (Å²) in [5, 5.41) is 19.2. The third-order valence-corrected chi connectivity index (χ3v) is 2.96. The summed E-state index contributed by atoms with van der Waals surface area (Å²) in [7, 11) is 1.32. The van der Waals surface area contributed by atoms with Gasteiger partial charge in [-0.25, -0.2) is 0 Å². The van der Waals surface area contributed by atoms with Gasteiger partial charge in [-0.15, -0.1) is 0 Å². The van der Waals surface area contributed by atoms with Crippen LogP contribution in [0.2, 0.25) is 0 Å². The van der Waals surface area contributed by atoms with E-state index in [4.69, 9.17) is 0 Å². The molecule has 1 fully saturated rings. The molecule has 0 radical (unpaired) electrons. The van der Waals surface area contributed by atoms with Crippen molar-refractivity contribution in [3.63, 3.8) is 0 Å². The standard InChI is InChI=1S/C10H18O4.Na.H/c1-10(2)5-6(11)4-7(12)8(10)9(13)14-3;;/h6-8,11-12H,4-5H2,1-3H3;;/q;+1;-1. The largest absolute Gasteiger partial charge is 1.00 e. The first-order valence-corrected chi connectivity index (χ1v) is 4.82. The second-order valence-electron chi connectivity index (χ2n) is 4.65. The summed E-state index contributed by atoms with van der Waals surface area (Å²) in [5.74, 6) is -0.926. The van der Waals surface area contributed by atoms with Crippen molar-refractivity contribution in [1.29, 1.82) is 0 Å². The van der Waals surface area contributed by atoms with E-state index in [2.05, 4.69) is 4.74 Å². The van der Waals surface area contributed by atoms with Crippen LogP contribution >= 0.6 is 0 Å². The molecule has 0 aromatic rings. The molecule has 3 unspecified atom stereocenters. The Balaban J connectivity index is 0. The SMILES string of the molecule is COC(=O)C1C(O)CC(O)CC1(C)C.[H-].[Na+]. The van der Waals surface area contributed by atoms with Crippen molar-refractivity contribution in [2.24, 2.45) is 11.3 Å². The van der Waals surface area contributed by atoms with Crippen LogP contribution in [0.25, 0.3) is 0 Å². The molecule has 0 amide bonds. The van der Waals surface area contributed by atoms with Crippen molar-refractivity contribution >= 4 is 5.97 Å². The van der Waals surface area contributed by atoms with Crippen molar-refractivity contribution < 1.29 is 50.7 Å². The first-order chi connectivity index (χ1) is 6.38. The molecule has 1 rings (SSSR count). The maximum Gasteiger partial charge on any atom is 1.00 e. The van der Waals surface area contributed by atoms with Crippen LogP contribution in [-0.2, 0) is 9.53 Å². The maximum atomic E-state index is 11.4. The third kappa shape index (κ3) is 3.43. The zero-order chi connectivity index (χ0) is 10.9. The molecule has 0 aromatic carbocycles. The van der Waals surface area contributed by atoms with Crippen LogP contribution in [0.5, 0.6) is 0 Å². The molecule has 0 bridgehead atoms. The Kier molecular flexibility index (Phi) is 5.79. The summed E-state index contributed by atoms with van der Waals surface area (Å²) in [4.78, 5) is 11.4. The molecule has 5 heteroatoms. The van der Waals surface area contributed by atoms with Gasteiger partial charge in [0.2, 0.25) is 0 Å². The van der Waals surface area contributed by atoms with Crippen LogP contribution in [0.3, 0.4) is 0 Å². The average molecular weight is 226 g/mol. The second kappa shape index (κ2) is 5.64. The van der Waals surface area contributed by atoms with Crippen molar-refractivity contribution in [3.8, 4) is 0 Å². The van der Waals surface area contributed by atoms with Crippen LogP contribution in [0.15, 0.2) is 0 Å². The Morgan fingerprint density at radius 2 is 2.00 bits per heavy atom. The molecule has 3 atom stereocenters. The van der Waals surface area contributed by atoms with E-state index >= 15 is 0 Å². The smallest absolute Gasteiger partial charge is 1.00 e. The zero-order valence-corrected chi connectivity index (χ0v) is 11.9. The predicted molar refractivity (Wildman–Crippen MR) is 51.6 cm³/mol. The van der Waals surface area contributed by atoms with Crippen molar-refractivity contribution in [2.45, 2.75) is 38.9 Å². The van der Waals surface area contributed by atoms with E-state index in [-0.39, 0.29) is 37.4 Å². The number of carbonyl (C=O) groups excluding carboxylic acids is 1. The van der Waals surface area contributed by atoms with Crippen molar-refractivity contribution in [2.75, 3.05) is 7.11 Å². The number of ether oxygens (including phenoxy) is 1. The van der Waals surface area contributed by atoms with E-state index < -0.39 is 29.5 Å². The van der Waals surface area contributed by atoms with Gasteiger partial charge in [0.05, 0.1) is 25.2 Å². The first kappa shape index (κ1) is 15.4. The van der Waals surface area contributed by atoms with Crippen LogP contribution in [0.4, 0.5) is 0 Å². The molecule has 0 saturated heterocycles. The van der Waals surface area contributed by atoms with Crippen molar-refractivity contribution in [3.05, 3.63) is 0 Å². The summed E-state index contributed by atoms with van der Waals surface area (Å²) < 4.78 is 4.65. The van der Waals surface area contributed by atoms with Crippen LogP contribution < -0.4 is 29.6 Å². The van der Waals surface area contributed by atoms with Gasteiger partial charge in [-0.05, 0) is 11.8 Å². The van der Waals surface area contributed by atoms with Crippen molar-refractivity contribution in [1.82, 2.24) is 0 Å². The second-order valence-corrected chi connectivity index (χ2v) is 4.65. The number of rotatable bonds is 1. The summed E-state index contributed by atoms with van der Waals surface area (Å²) in [6.07, 6.45) is -0.561. The molecule has 1 saturated carbocycles. The van der Waals surface area contributed by atoms with Gasteiger partial charge >= 0.3 is 35.5 Å². The van der Waals surface area contributed by atoms with Gasteiger partial charge in [-0.3, -0.25) is 4.79 Å². The van der Waals surface area contributed by atoms with E-state index in [0.29, 0.717) is 6.42 Å². The van der Waals surface area contributed by atoms with Gasteiger partial charge < -0.3 is 16.4 Å². The molecule has 0 aliphatic heterocycles. The third-order valence-electron chi connectivity index (χ3n) is 2.96. The Labute approximate surface area is 114 Å². The van der Waals surface area contributed by atoms with Gasteiger partial charge in [-0.1, -0.05) is 13.8 Å². The molecule has 4 nitrogen and oxygen atoms in total. The summed E-state index contributed by atoms with van der Waals surface area (Å²) in [6, 6.07) is 0. The number of aliphatic hydroxyl groups is 2. The monoisotopic (exact) mass is 226 g/mol. The summed E-state index contributed by atoms with van der Waals surface area (Å²) >= 11 is 0. The molecule has 2 N–H and O–H groups in total. The van der Waals surface area contributed by atoms with Crippen LogP contribution in [0.1, 0.15) is 28.1 Å². The number of aliphatic hydroxyl groups excluding tert-OH is 2. The fourth-order valence-corrected chi connectivity index (χ4v) is 2.36. The summed E-state index contributed by atoms with van der Waals surface area (Å²) in [6.45, 7) is 3.72. The van der Waals surface area contributed by atoms with Crippen LogP contribution in [0, 0.1) is 11.3 Å². The number of methoxy groups -OCH3 is 1. The van der Waals surface area contributed by atoms with Gasteiger partial charge in [0.25, 0.3) is 0 Å². The van der Waals surface area contributed by atoms with Gasteiger partial charge in [0.1, 0.15) is 0 Å². The fraction of sp³-hybridized carbons (Fsp3) is 0.900. The molecule has 0 heterocycles. The number of hydrogen-bond donors (Lipinski definition) is 2. The topological polar surface area (TPSA) is 66.8 Å². The van der Waals surface area contributed by atoms with Gasteiger partial charge in [0.15, 0.2) is 0 Å². The average Bonchev–Trinajstić information content (AvgIpc) is 1.99. The summed E-state index contributed by atoms with van der Waals surface area (Å²) in [5.41, 5.74) is -0.413. The Morgan fingerprint density at radius 1 is 1.47 bits per heavy atom. The maximum absolute atomic E-state index is 11.4. The molecule has 84 valence electrons. The molecule has 15 heavy (non-hydrogen) atoms. The normalized spacial score (nSPS) is 34.1. The minimum absolute atomic E-state index is 0. The number of hydrogen-bond acceptors (Lipinski definition) is 4. The van der Waals surface area contributed by atoms with E-state index in [1.54, 1.807) is 0 Å². The Morgan fingerprint density at radius 3 is 2.40 bits per heavy atom. The molecule has 0 aromatic heterocycles. The number of esters is 1. The number of carbonyl (C=O) groups is 1. The molecular weight excluding hydrogens is 207 g/mol. The first-order valence-electron chi connectivity index (χ1n) is 4.82.